The maximum absolute atomic E-state index is 10.4. The van der Waals surface area contributed by atoms with Crippen LogP contribution in [-0.4, -0.2) is 16.4 Å². The zero-order chi connectivity index (χ0) is 13.0. The van der Waals surface area contributed by atoms with E-state index in [1.807, 2.05) is 0 Å². The average molecular weight is 322 g/mol. The van der Waals surface area contributed by atoms with Gasteiger partial charge in [-0.2, -0.15) is 0 Å². The van der Waals surface area contributed by atoms with Crippen LogP contribution in [0.25, 0.3) is 0 Å². The molecule has 0 aromatic rings. The molecule has 0 aromatic carbocycles. The summed E-state index contributed by atoms with van der Waals surface area (Å²) in [6, 6.07) is 0. The van der Waals surface area contributed by atoms with Crippen molar-refractivity contribution in [1.29, 1.82) is 0 Å². The van der Waals surface area contributed by atoms with Crippen molar-refractivity contribution in [1.82, 2.24) is 0 Å². The van der Waals surface area contributed by atoms with Gasteiger partial charge in [0.2, 0.25) is 0 Å². The van der Waals surface area contributed by atoms with Gasteiger partial charge in [0.15, 0.2) is 0 Å². The first-order chi connectivity index (χ1) is 8.06. The van der Waals surface area contributed by atoms with E-state index in [0.717, 1.165) is 19.3 Å². The molecule has 0 radical (unpaired) electrons. The van der Waals surface area contributed by atoms with Gasteiger partial charge in [0.1, 0.15) is 0 Å². The second-order valence-electron chi connectivity index (χ2n) is 4.51. The van der Waals surface area contributed by atoms with E-state index in [0.29, 0.717) is 0 Å². The second-order valence-corrected chi connectivity index (χ2v) is 5.75. The van der Waals surface area contributed by atoms with Crippen molar-refractivity contribution in [2.75, 3.05) is 6.61 Å². The summed E-state index contributed by atoms with van der Waals surface area (Å²) in [7, 11) is -4.24. The normalized spacial score (nSPS) is 11.3. The minimum atomic E-state index is -4.24. The Balaban J connectivity index is 0. The molecule has 18 heavy (non-hydrogen) atoms. The van der Waals surface area contributed by atoms with Gasteiger partial charge in [-0.3, -0.25) is 4.52 Å². The van der Waals surface area contributed by atoms with Gasteiger partial charge in [-0.05, 0) is 6.42 Å². The molecule has 0 spiro atoms. The molecule has 6 heteroatoms. The first kappa shape index (κ1) is 20.9. The van der Waals surface area contributed by atoms with Crippen LogP contribution in [0.3, 0.4) is 0 Å². The van der Waals surface area contributed by atoms with Gasteiger partial charge in [-0.25, -0.2) is 4.57 Å². The fraction of sp³-hybridized carbons (Fsp3) is 1.00. The Kier molecular flexibility index (Phi) is 16.3. The van der Waals surface area contributed by atoms with Crippen LogP contribution in [0.1, 0.15) is 71.1 Å². The molecule has 0 aliphatic rings. The average Bonchev–Trinajstić information content (AvgIpc) is 2.24. The molecule has 0 fully saturated rings. The Labute approximate surface area is 122 Å². The van der Waals surface area contributed by atoms with E-state index in [1.165, 1.54) is 44.9 Å². The molecule has 0 aliphatic carbocycles. The molecule has 0 aromatic heterocycles. The van der Waals surface area contributed by atoms with Crippen LogP contribution in [0.5, 0.6) is 0 Å². The van der Waals surface area contributed by atoms with Crippen LogP contribution >= 0.6 is 7.82 Å². The molecular weight excluding hydrogens is 295 g/mol. The quantitative estimate of drug-likeness (QED) is 0.324. The molecule has 2 N–H and O–H groups in total. The van der Waals surface area contributed by atoms with E-state index in [-0.39, 0.29) is 23.7 Å². The van der Waals surface area contributed by atoms with Crippen molar-refractivity contribution >= 4 is 7.82 Å². The van der Waals surface area contributed by atoms with E-state index < -0.39 is 7.82 Å². The second kappa shape index (κ2) is 14.0. The van der Waals surface area contributed by atoms with Crippen molar-refractivity contribution in [2.45, 2.75) is 71.1 Å². The summed E-state index contributed by atoms with van der Waals surface area (Å²) in [5.41, 5.74) is 0. The summed E-state index contributed by atoms with van der Waals surface area (Å²) < 4.78 is 14.7. The van der Waals surface area contributed by atoms with E-state index in [9.17, 15) is 4.57 Å². The van der Waals surface area contributed by atoms with Gasteiger partial charge in [-0.15, -0.1) is 0 Å². The van der Waals surface area contributed by atoms with Crippen LogP contribution in [-0.2, 0) is 26.2 Å². The Morgan fingerprint density at radius 3 is 1.61 bits per heavy atom. The Bertz CT molecular complexity index is 208. The molecule has 0 saturated heterocycles. The van der Waals surface area contributed by atoms with Crippen LogP contribution in [0.15, 0.2) is 0 Å². The topological polar surface area (TPSA) is 66.8 Å². The summed E-state index contributed by atoms with van der Waals surface area (Å²) in [5, 5.41) is 0. The van der Waals surface area contributed by atoms with Gasteiger partial charge >= 0.3 is 7.82 Å². The van der Waals surface area contributed by atoms with Gasteiger partial charge in [-0.1, -0.05) is 64.7 Å². The third-order valence-electron chi connectivity index (χ3n) is 2.76. The molecule has 0 rings (SSSR count). The Morgan fingerprint density at radius 2 is 1.22 bits per heavy atom. The maximum Gasteiger partial charge on any atom is 0.469 e. The summed E-state index contributed by atoms with van der Waals surface area (Å²) in [4.78, 5) is 16.9. The first-order valence-electron chi connectivity index (χ1n) is 6.76. The summed E-state index contributed by atoms with van der Waals surface area (Å²) in [5.74, 6) is 0. The van der Waals surface area contributed by atoms with Crippen LogP contribution < -0.4 is 0 Å². The molecule has 112 valence electrons. The zero-order valence-corrected chi connectivity index (χ0v) is 13.3. The molecule has 0 unspecified atom stereocenters. The predicted octanol–water partition coefficient (Wildman–Crippen LogP) is 4.01. The predicted molar refractivity (Wildman–Crippen MR) is 69.8 cm³/mol. The minimum absolute atomic E-state index is 0. The van der Waals surface area contributed by atoms with Gasteiger partial charge in [0.25, 0.3) is 0 Å². The van der Waals surface area contributed by atoms with Crippen molar-refractivity contribution in [2.24, 2.45) is 0 Å². The zero-order valence-electron chi connectivity index (χ0n) is 11.3. The molecule has 0 atom stereocenters. The monoisotopic (exact) mass is 322 g/mol. The molecule has 0 bridgehead atoms. The fourth-order valence-electron chi connectivity index (χ4n) is 1.77. The SMILES string of the molecule is CCCCCCCCCCCCOP(=O)(O)O.[Fe]. The standard InChI is InChI=1S/C12H27O4P.Fe/c1-2-3-4-5-6-7-8-9-10-11-12-16-17(13,14)15;/h2-12H2,1H3,(H2,13,14,15);. The molecule has 0 saturated carbocycles. The minimum Gasteiger partial charge on any atom is -0.303 e. The molecule has 0 aliphatic heterocycles. The van der Waals surface area contributed by atoms with Crippen molar-refractivity contribution in [3.63, 3.8) is 0 Å². The van der Waals surface area contributed by atoms with Gasteiger partial charge in [0.05, 0.1) is 6.61 Å². The molecule has 0 amide bonds. The smallest absolute Gasteiger partial charge is 0.303 e. The molecule has 0 heterocycles. The van der Waals surface area contributed by atoms with Crippen molar-refractivity contribution < 1.29 is 35.9 Å². The fourth-order valence-corrected chi connectivity index (χ4v) is 2.14. The number of unbranched alkanes of at least 4 members (excludes halogenated alkanes) is 9. The molecular formula is C12H27FeO4P. The van der Waals surface area contributed by atoms with E-state index >= 15 is 0 Å². The summed E-state index contributed by atoms with van der Waals surface area (Å²) in [6.45, 7) is 2.39. The summed E-state index contributed by atoms with van der Waals surface area (Å²) >= 11 is 0. The van der Waals surface area contributed by atoms with Crippen LogP contribution in [0.4, 0.5) is 0 Å². The largest absolute Gasteiger partial charge is 0.469 e. The van der Waals surface area contributed by atoms with Gasteiger partial charge < -0.3 is 9.79 Å². The van der Waals surface area contributed by atoms with E-state index in [2.05, 4.69) is 11.4 Å². The number of hydrogen-bond acceptors (Lipinski definition) is 2. The Hall–Kier alpha value is 0.629. The third kappa shape index (κ3) is 19.0. The Morgan fingerprint density at radius 1 is 0.833 bits per heavy atom. The van der Waals surface area contributed by atoms with E-state index in [1.54, 1.807) is 0 Å². The van der Waals surface area contributed by atoms with Crippen LogP contribution in [0.2, 0.25) is 0 Å². The molecule has 4 nitrogen and oxygen atoms in total. The van der Waals surface area contributed by atoms with Crippen molar-refractivity contribution in [3.05, 3.63) is 0 Å². The van der Waals surface area contributed by atoms with Crippen molar-refractivity contribution in [3.8, 4) is 0 Å². The third-order valence-corrected chi connectivity index (χ3v) is 3.28. The van der Waals surface area contributed by atoms with E-state index in [4.69, 9.17) is 9.79 Å². The number of phosphoric acid groups is 1. The van der Waals surface area contributed by atoms with Crippen LogP contribution in [0, 0.1) is 0 Å². The number of rotatable bonds is 12. The number of hydrogen-bond donors (Lipinski definition) is 2. The van der Waals surface area contributed by atoms with Gasteiger partial charge in [0, 0.05) is 17.1 Å². The first-order valence-corrected chi connectivity index (χ1v) is 8.29. The maximum atomic E-state index is 10.4. The summed E-state index contributed by atoms with van der Waals surface area (Å²) in [6.07, 6.45) is 12.0. The number of phosphoric ester groups is 1.